The molecule has 0 heterocycles. The summed E-state index contributed by atoms with van der Waals surface area (Å²) in [4.78, 5) is 23.8. The topological polar surface area (TPSA) is 79.5 Å². The normalized spacial score (nSPS) is 12.3. The van der Waals surface area contributed by atoms with Crippen molar-refractivity contribution < 1.29 is 14.3 Å². The lowest BCUT2D eigenvalue weighted by atomic mass is 10.1. The molecule has 0 aliphatic rings. The van der Waals surface area contributed by atoms with Gasteiger partial charge in [0.2, 0.25) is 5.91 Å². The number of carbonyl (C=O) groups is 2. The van der Waals surface area contributed by atoms with Crippen molar-refractivity contribution in [3.63, 3.8) is 0 Å². The van der Waals surface area contributed by atoms with Gasteiger partial charge in [-0.1, -0.05) is 0 Å². The second kappa shape index (κ2) is 7.15. The molecule has 0 aliphatic heterocycles. The van der Waals surface area contributed by atoms with E-state index in [0.717, 1.165) is 11.3 Å². The van der Waals surface area contributed by atoms with Gasteiger partial charge in [0.1, 0.15) is 11.8 Å². The van der Waals surface area contributed by atoms with Gasteiger partial charge in [0, 0.05) is 11.2 Å². The summed E-state index contributed by atoms with van der Waals surface area (Å²) < 4.78 is 5.17. The minimum atomic E-state index is -0.626. The van der Waals surface area contributed by atoms with Crippen molar-refractivity contribution in [2.24, 2.45) is 0 Å². The Kier molecular flexibility index (Phi) is 5.79. The van der Waals surface area contributed by atoms with E-state index in [1.54, 1.807) is 32.2 Å². The maximum atomic E-state index is 11.9. The highest BCUT2D eigenvalue weighted by Crippen LogP contribution is 2.21. The number of nitrogens with one attached hydrogen (secondary N) is 3. The number of rotatable bonds is 4. The van der Waals surface area contributed by atoms with Crippen molar-refractivity contribution in [3.8, 4) is 5.75 Å². The summed E-state index contributed by atoms with van der Waals surface area (Å²) in [5.41, 5.74) is 1.22. The van der Waals surface area contributed by atoms with Gasteiger partial charge in [-0.25, -0.2) is 4.79 Å². The molecule has 0 saturated heterocycles. The molecule has 0 aromatic heterocycles. The maximum Gasteiger partial charge on any atom is 0.319 e. The average Bonchev–Trinajstić information content (AvgIpc) is 2.36. The minimum absolute atomic E-state index is 0.228. The van der Waals surface area contributed by atoms with E-state index in [0.29, 0.717) is 5.69 Å². The van der Waals surface area contributed by atoms with Crippen LogP contribution >= 0.6 is 0 Å². The van der Waals surface area contributed by atoms with Crippen molar-refractivity contribution in [3.05, 3.63) is 23.8 Å². The molecule has 0 aliphatic carbocycles. The number of urea groups is 1. The van der Waals surface area contributed by atoms with Crippen LogP contribution in [0.5, 0.6) is 5.75 Å². The Bertz CT molecular complexity index is 550. The molecule has 0 fully saturated rings. The molecule has 1 aromatic rings. The van der Waals surface area contributed by atoms with Gasteiger partial charge in [0.15, 0.2) is 0 Å². The highest BCUT2D eigenvalue weighted by Gasteiger charge is 2.20. The third-order valence-corrected chi connectivity index (χ3v) is 2.89. The van der Waals surface area contributed by atoms with Gasteiger partial charge in [-0.2, -0.15) is 0 Å². The van der Waals surface area contributed by atoms with Crippen LogP contribution in [-0.4, -0.2) is 30.6 Å². The number of aryl methyl sites for hydroxylation is 1. The largest absolute Gasteiger partial charge is 0.496 e. The van der Waals surface area contributed by atoms with Gasteiger partial charge >= 0.3 is 6.03 Å². The first-order chi connectivity index (χ1) is 10.1. The Morgan fingerprint density at radius 1 is 1.23 bits per heavy atom. The summed E-state index contributed by atoms with van der Waals surface area (Å²) in [6.07, 6.45) is 0. The van der Waals surface area contributed by atoms with Gasteiger partial charge in [-0.3, -0.25) is 4.79 Å². The molecule has 0 saturated carbocycles. The maximum absolute atomic E-state index is 11.9. The second-order valence-electron chi connectivity index (χ2n) is 6.24. The second-order valence-corrected chi connectivity index (χ2v) is 6.24. The number of amides is 3. The number of hydrogen-bond acceptors (Lipinski definition) is 3. The Labute approximate surface area is 131 Å². The van der Waals surface area contributed by atoms with E-state index in [9.17, 15) is 9.59 Å². The van der Waals surface area contributed by atoms with Crippen LogP contribution in [0.1, 0.15) is 33.3 Å². The molecule has 122 valence electrons. The Morgan fingerprint density at radius 3 is 2.36 bits per heavy atom. The molecular formula is C16H25N3O3. The molecule has 1 atom stereocenters. The van der Waals surface area contributed by atoms with Crippen LogP contribution in [0.25, 0.3) is 0 Å². The van der Waals surface area contributed by atoms with Gasteiger partial charge in [-0.05, 0) is 58.4 Å². The lowest BCUT2D eigenvalue weighted by Gasteiger charge is -2.23. The molecule has 1 rings (SSSR count). The predicted molar refractivity (Wildman–Crippen MR) is 87.2 cm³/mol. The fraction of sp³-hybridized carbons (Fsp3) is 0.500. The van der Waals surface area contributed by atoms with Crippen LogP contribution < -0.4 is 20.7 Å². The molecule has 6 heteroatoms. The highest BCUT2D eigenvalue weighted by atomic mass is 16.5. The predicted octanol–water partition coefficient (Wildman–Crippen LogP) is 2.43. The van der Waals surface area contributed by atoms with E-state index in [-0.39, 0.29) is 11.4 Å². The summed E-state index contributed by atoms with van der Waals surface area (Å²) in [5, 5.41) is 8.12. The van der Waals surface area contributed by atoms with Crippen LogP contribution in [0.2, 0.25) is 0 Å². The smallest absolute Gasteiger partial charge is 0.319 e. The van der Waals surface area contributed by atoms with E-state index in [2.05, 4.69) is 16.0 Å². The zero-order valence-corrected chi connectivity index (χ0v) is 14.0. The summed E-state index contributed by atoms with van der Waals surface area (Å²) in [5.74, 6) is 0.525. The Balaban J connectivity index is 2.59. The van der Waals surface area contributed by atoms with Crippen molar-refractivity contribution in [1.29, 1.82) is 0 Å². The van der Waals surface area contributed by atoms with Gasteiger partial charge in [-0.15, -0.1) is 0 Å². The molecule has 1 aromatic carbocycles. The quantitative estimate of drug-likeness (QED) is 0.799. The fourth-order valence-corrected chi connectivity index (χ4v) is 1.86. The number of ether oxygens (including phenoxy) is 1. The van der Waals surface area contributed by atoms with Gasteiger partial charge in [0.25, 0.3) is 0 Å². The van der Waals surface area contributed by atoms with Crippen molar-refractivity contribution >= 4 is 17.6 Å². The molecule has 3 N–H and O–H groups in total. The van der Waals surface area contributed by atoms with E-state index in [1.807, 2.05) is 27.7 Å². The van der Waals surface area contributed by atoms with Crippen LogP contribution in [0.4, 0.5) is 10.5 Å². The Hall–Kier alpha value is -2.24. The lowest BCUT2D eigenvalue weighted by molar-refractivity contribution is -0.123. The monoisotopic (exact) mass is 307 g/mol. The van der Waals surface area contributed by atoms with Gasteiger partial charge in [0.05, 0.1) is 7.11 Å². The number of carbonyl (C=O) groups excluding carboxylic acids is 2. The number of methoxy groups -OCH3 is 1. The lowest BCUT2D eigenvalue weighted by Crippen LogP contribution is -2.51. The highest BCUT2D eigenvalue weighted by molar-refractivity contribution is 5.93. The van der Waals surface area contributed by atoms with E-state index >= 15 is 0 Å². The van der Waals surface area contributed by atoms with Crippen LogP contribution in [0.3, 0.4) is 0 Å². The number of hydrogen-bond donors (Lipinski definition) is 3. The third-order valence-electron chi connectivity index (χ3n) is 2.89. The van der Waals surface area contributed by atoms with Crippen LogP contribution in [0.15, 0.2) is 18.2 Å². The molecule has 0 radical (unpaired) electrons. The zero-order chi connectivity index (χ0) is 16.9. The molecular weight excluding hydrogens is 282 g/mol. The Morgan fingerprint density at radius 2 is 1.86 bits per heavy atom. The first-order valence-corrected chi connectivity index (χ1v) is 7.16. The molecule has 1 unspecified atom stereocenters. The summed E-state index contributed by atoms with van der Waals surface area (Å²) >= 11 is 0. The number of anilines is 1. The third kappa shape index (κ3) is 5.63. The number of benzene rings is 1. The van der Waals surface area contributed by atoms with E-state index in [4.69, 9.17) is 4.74 Å². The van der Waals surface area contributed by atoms with Crippen LogP contribution in [-0.2, 0) is 4.79 Å². The van der Waals surface area contributed by atoms with Gasteiger partial charge < -0.3 is 20.7 Å². The molecule has 0 spiro atoms. The standard InChI is InChI=1S/C16H25N3O3/c1-10-9-12(7-8-13(10)22-6)18-15(21)17-11(2)14(20)19-16(3,4)5/h7-9,11H,1-6H3,(H,19,20)(H2,17,18,21). The molecule has 3 amide bonds. The molecule has 6 nitrogen and oxygen atoms in total. The zero-order valence-electron chi connectivity index (χ0n) is 14.0. The molecule has 0 bridgehead atoms. The first kappa shape index (κ1) is 17.8. The first-order valence-electron chi connectivity index (χ1n) is 7.16. The molecule has 22 heavy (non-hydrogen) atoms. The van der Waals surface area contributed by atoms with E-state index < -0.39 is 12.1 Å². The van der Waals surface area contributed by atoms with Crippen molar-refractivity contribution in [2.75, 3.05) is 12.4 Å². The van der Waals surface area contributed by atoms with Crippen molar-refractivity contribution in [2.45, 2.75) is 46.2 Å². The average molecular weight is 307 g/mol. The van der Waals surface area contributed by atoms with Crippen molar-refractivity contribution in [1.82, 2.24) is 10.6 Å². The fourth-order valence-electron chi connectivity index (χ4n) is 1.86. The van der Waals surface area contributed by atoms with Crippen LogP contribution in [0, 0.1) is 6.92 Å². The van der Waals surface area contributed by atoms with E-state index in [1.165, 1.54) is 0 Å². The SMILES string of the molecule is COc1ccc(NC(=O)NC(C)C(=O)NC(C)(C)C)cc1C. The summed E-state index contributed by atoms with van der Waals surface area (Å²) in [7, 11) is 1.59. The minimum Gasteiger partial charge on any atom is -0.496 e. The summed E-state index contributed by atoms with van der Waals surface area (Å²) in [6, 6.07) is 4.27. The summed E-state index contributed by atoms with van der Waals surface area (Å²) in [6.45, 7) is 9.19.